The molecule has 0 aliphatic heterocycles. The van der Waals surface area contributed by atoms with E-state index >= 15 is 0 Å². The lowest BCUT2D eigenvalue weighted by Gasteiger charge is -2.08. The molecule has 0 fully saturated rings. The van der Waals surface area contributed by atoms with Crippen LogP contribution in [0.25, 0.3) is 0 Å². The number of benzene rings is 1. The standard InChI is InChI=1S/C18H25NO2/c1-3-4-5-7-12-19-18(21)17-14-15(2)10-11-16(17)9-6-8-13-20/h10-11,14,20H,3-5,7-8,12-13H2,1-2H3,(H,19,21). The third kappa shape index (κ3) is 6.46. The quantitative estimate of drug-likeness (QED) is 0.598. The van der Waals surface area contributed by atoms with Gasteiger partial charge in [0.15, 0.2) is 0 Å². The molecule has 0 saturated carbocycles. The number of aliphatic hydroxyl groups excluding tert-OH is 1. The molecule has 0 spiro atoms. The van der Waals surface area contributed by atoms with Crippen molar-refractivity contribution in [3.63, 3.8) is 0 Å². The minimum atomic E-state index is -0.0662. The van der Waals surface area contributed by atoms with Crippen molar-refractivity contribution in [2.24, 2.45) is 0 Å². The number of hydrogen-bond donors (Lipinski definition) is 2. The Labute approximate surface area is 127 Å². The summed E-state index contributed by atoms with van der Waals surface area (Å²) in [6.45, 7) is 4.87. The smallest absolute Gasteiger partial charge is 0.252 e. The molecule has 21 heavy (non-hydrogen) atoms. The van der Waals surface area contributed by atoms with E-state index in [9.17, 15) is 4.79 Å². The minimum absolute atomic E-state index is 0.0395. The summed E-state index contributed by atoms with van der Waals surface area (Å²) in [4.78, 5) is 12.3. The largest absolute Gasteiger partial charge is 0.395 e. The Morgan fingerprint density at radius 1 is 1.29 bits per heavy atom. The second-order valence-electron chi connectivity index (χ2n) is 5.14. The number of amides is 1. The van der Waals surface area contributed by atoms with Crippen LogP contribution in [0.5, 0.6) is 0 Å². The van der Waals surface area contributed by atoms with Gasteiger partial charge in [-0.15, -0.1) is 0 Å². The molecule has 0 aromatic heterocycles. The maximum atomic E-state index is 12.3. The molecule has 0 radical (unpaired) electrons. The zero-order valence-corrected chi connectivity index (χ0v) is 13.0. The van der Waals surface area contributed by atoms with Gasteiger partial charge in [-0.25, -0.2) is 0 Å². The van der Waals surface area contributed by atoms with Crippen molar-refractivity contribution in [3.05, 3.63) is 34.9 Å². The molecule has 1 rings (SSSR count). The highest BCUT2D eigenvalue weighted by molar-refractivity contribution is 5.96. The average Bonchev–Trinajstić information content (AvgIpc) is 2.48. The summed E-state index contributed by atoms with van der Waals surface area (Å²) in [6.07, 6.45) is 4.98. The van der Waals surface area contributed by atoms with Gasteiger partial charge in [-0.3, -0.25) is 4.79 Å². The molecule has 3 nitrogen and oxygen atoms in total. The van der Waals surface area contributed by atoms with E-state index < -0.39 is 0 Å². The molecule has 0 heterocycles. The Hall–Kier alpha value is -1.79. The summed E-state index contributed by atoms with van der Waals surface area (Å²) in [5.41, 5.74) is 2.38. The molecule has 3 heteroatoms. The molecule has 0 aliphatic carbocycles. The lowest BCUT2D eigenvalue weighted by molar-refractivity contribution is 0.0952. The van der Waals surface area contributed by atoms with Crippen LogP contribution < -0.4 is 5.32 Å². The predicted octanol–water partition coefficient (Wildman–Crippen LogP) is 3.04. The molecule has 114 valence electrons. The fourth-order valence-corrected chi connectivity index (χ4v) is 2.02. The highest BCUT2D eigenvalue weighted by atomic mass is 16.2. The van der Waals surface area contributed by atoms with Gasteiger partial charge in [-0.1, -0.05) is 49.7 Å². The third-order valence-corrected chi connectivity index (χ3v) is 3.20. The Bertz CT molecular complexity index is 512. The fourth-order valence-electron chi connectivity index (χ4n) is 2.02. The molecular weight excluding hydrogens is 262 g/mol. The molecule has 0 unspecified atom stereocenters. The van der Waals surface area contributed by atoms with Gasteiger partial charge in [-0.05, 0) is 25.5 Å². The monoisotopic (exact) mass is 287 g/mol. The Kier molecular flexibility index (Phi) is 8.23. The van der Waals surface area contributed by atoms with Crippen molar-refractivity contribution in [1.82, 2.24) is 5.32 Å². The Morgan fingerprint density at radius 3 is 2.81 bits per heavy atom. The van der Waals surface area contributed by atoms with Gasteiger partial charge < -0.3 is 10.4 Å². The first-order chi connectivity index (χ1) is 10.2. The summed E-state index contributed by atoms with van der Waals surface area (Å²) in [5, 5.41) is 11.7. The van der Waals surface area contributed by atoms with Crippen LogP contribution in [-0.4, -0.2) is 24.2 Å². The number of rotatable bonds is 7. The van der Waals surface area contributed by atoms with Gasteiger partial charge in [0.1, 0.15) is 0 Å². The van der Waals surface area contributed by atoms with Crippen LogP contribution in [0.15, 0.2) is 18.2 Å². The summed E-state index contributed by atoms with van der Waals surface area (Å²) in [7, 11) is 0. The second-order valence-corrected chi connectivity index (χ2v) is 5.14. The van der Waals surface area contributed by atoms with Crippen LogP contribution in [0, 0.1) is 18.8 Å². The lowest BCUT2D eigenvalue weighted by atomic mass is 10.0. The second kappa shape index (κ2) is 10.0. The lowest BCUT2D eigenvalue weighted by Crippen LogP contribution is -2.25. The summed E-state index contributed by atoms with van der Waals surface area (Å²) in [5.74, 6) is 5.77. The molecule has 1 aromatic rings. The molecule has 0 saturated heterocycles. The van der Waals surface area contributed by atoms with Crippen LogP contribution >= 0.6 is 0 Å². The van der Waals surface area contributed by atoms with Gasteiger partial charge >= 0.3 is 0 Å². The zero-order valence-electron chi connectivity index (χ0n) is 13.0. The van der Waals surface area contributed by atoms with E-state index in [2.05, 4.69) is 24.1 Å². The molecule has 1 amide bonds. The van der Waals surface area contributed by atoms with Crippen LogP contribution in [0.4, 0.5) is 0 Å². The van der Waals surface area contributed by atoms with Gasteiger partial charge in [-0.2, -0.15) is 0 Å². The molecule has 2 N–H and O–H groups in total. The van der Waals surface area contributed by atoms with E-state index in [0.717, 1.165) is 24.0 Å². The number of unbranched alkanes of at least 4 members (excludes halogenated alkanes) is 3. The van der Waals surface area contributed by atoms with Gasteiger partial charge in [0, 0.05) is 18.5 Å². The van der Waals surface area contributed by atoms with Crippen molar-refractivity contribution in [2.75, 3.05) is 13.2 Å². The highest BCUT2D eigenvalue weighted by Crippen LogP contribution is 2.11. The van der Waals surface area contributed by atoms with E-state index in [1.807, 2.05) is 25.1 Å². The molecular formula is C18H25NO2. The Morgan fingerprint density at radius 2 is 2.10 bits per heavy atom. The van der Waals surface area contributed by atoms with E-state index in [0.29, 0.717) is 18.5 Å². The third-order valence-electron chi connectivity index (χ3n) is 3.20. The van der Waals surface area contributed by atoms with Crippen molar-refractivity contribution >= 4 is 5.91 Å². The van der Waals surface area contributed by atoms with Gasteiger partial charge in [0.25, 0.3) is 5.91 Å². The van der Waals surface area contributed by atoms with Crippen molar-refractivity contribution in [3.8, 4) is 11.8 Å². The van der Waals surface area contributed by atoms with Crippen LogP contribution in [-0.2, 0) is 0 Å². The molecule has 0 atom stereocenters. The summed E-state index contributed by atoms with van der Waals surface area (Å²) in [6, 6.07) is 5.68. The minimum Gasteiger partial charge on any atom is -0.395 e. The number of aryl methyl sites for hydroxylation is 1. The van der Waals surface area contributed by atoms with Crippen LogP contribution in [0.3, 0.4) is 0 Å². The van der Waals surface area contributed by atoms with Crippen molar-refractivity contribution in [1.29, 1.82) is 0 Å². The number of carbonyl (C=O) groups is 1. The number of aliphatic hydroxyl groups is 1. The fraction of sp³-hybridized carbons (Fsp3) is 0.500. The van der Waals surface area contributed by atoms with E-state index in [-0.39, 0.29) is 12.5 Å². The maximum Gasteiger partial charge on any atom is 0.252 e. The van der Waals surface area contributed by atoms with E-state index in [1.54, 1.807) is 0 Å². The number of nitrogens with one attached hydrogen (secondary N) is 1. The summed E-state index contributed by atoms with van der Waals surface area (Å²) < 4.78 is 0. The highest BCUT2D eigenvalue weighted by Gasteiger charge is 2.09. The number of carbonyl (C=O) groups excluding carboxylic acids is 1. The first-order valence-corrected chi connectivity index (χ1v) is 7.67. The topological polar surface area (TPSA) is 49.3 Å². The van der Waals surface area contributed by atoms with Crippen LogP contribution in [0.1, 0.15) is 60.5 Å². The zero-order chi connectivity index (χ0) is 15.5. The predicted molar refractivity (Wildman–Crippen MR) is 86.2 cm³/mol. The van der Waals surface area contributed by atoms with Gasteiger partial charge in [0.05, 0.1) is 12.2 Å². The summed E-state index contributed by atoms with van der Waals surface area (Å²) >= 11 is 0. The van der Waals surface area contributed by atoms with E-state index in [1.165, 1.54) is 12.8 Å². The molecule has 1 aromatic carbocycles. The number of hydrogen-bond acceptors (Lipinski definition) is 2. The first kappa shape index (κ1) is 17.3. The first-order valence-electron chi connectivity index (χ1n) is 7.67. The van der Waals surface area contributed by atoms with Gasteiger partial charge in [0.2, 0.25) is 0 Å². The molecule has 0 aliphatic rings. The average molecular weight is 287 g/mol. The van der Waals surface area contributed by atoms with E-state index in [4.69, 9.17) is 5.11 Å². The normalized spacial score (nSPS) is 9.86. The SMILES string of the molecule is CCCCCCNC(=O)c1cc(C)ccc1C#CCCO. The Balaban J connectivity index is 2.69. The van der Waals surface area contributed by atoms with Crippen molar-refractivity contribution in [2.45, 2.75) is 46.0 Å². The molecule has 0 bridgehead atoms. The van der Waals surface area contributed by atoms with Crippen LogP contribution in [0.2, 0.25) is 0 Å². The maximum absolute atomic E-state index is 12.3. The van der Waals surface area contributed by atoms with Crippen molar-refractivity contribution < 1.29 is 9.90 Å².